The van der Waals surface area contributed by atoms with Crippen molar-refractivity contribution < 1.29 is 9.84 Å². The third-order valence-corrected chi connectivity index (χ3v) is 4.80. The van der Waals surface area contributed by atoms with Crippen molar-refractivity contribution in [2.75, 3.05) is 0 Å². The molecule has 2 heteroatoms. The molecule has 0 saturated carbocycles. The fourth-order valence-corrected chi connectivity index (χ4v) is 2.51. The Balaban J connectivity index is 2.46. The summed E-state index contributed by atoms with van der Waals surface area (Å²) in [6.45, 7) is 10.1. The van der Waals surface area contributed by atoms with E-state index in [1.165, 1.54) is 0 Å². The largest absolute Gasteiger partial charge is 0.386 e. The summed E-state index contributed by atoms with van der Waals surface area (Å²) in [4.78, 5) is 0. The first-order chi connectivity index (χ1) is 7.70. The zero-order chi connectivity index (χ0) is 12.9. The van der Waals surface area contributed by atoms with Crippen LogP contribution in [0, 0.1) is 5.41 Å². The van der Waals surface area contributed by atoms with Gasteiger partial charge in [-0.1, -0.05) is 44.2 Å². The monoisotopic (exact) mass is 234 g/mol. The predicted molar refractivity (Wildman–Crippen MR) is 68.8 cm³/mol. The first-order valence-electron chi connectivity index (χ1n) is 6.15. The van der Waals surface area contributed by atoms with Gasteiger partial charge in [-0.05, 0) is 26.3 Å². The van der Waals surface area contributed by atoms with Gasteiger partial charge in [0.1, 0.15) is 6.10 Å². The lowest BCUT2D eigenvalue weighted by molar-refractivity contribution is -0.0618. The molecule has 1 N–H and O–H groups in total. The molecule has 1 saturated heterocycles. The van der Waals surface area contributed by atoms with E-state index in [0.717, 1.165) is 5.56 Å². The van der Waals surface area contributed by atoms with Gasteiger partial charge in [0.05, 0.1) is 11.2 Å². The molecular weight excluding hydrogens is 212 g/mol. The van der Waals surface area contributed by atoms with Crippen LogP contribution in [-0.2, 0) is 4.74 Å². The number of benzene rings is 1. The predicted octanol–water partition coefficient (Wildman–Crippen LogP) is 3.31. The van der Waals surface area contributed by atoms with E-state index in [4.69, 9.17) is 4.74 Å². The van der Waals surface area contributed by atoms with Crippen LogP contribution in [0.1, 0.15) is 46.3 Å². The van der Waals surface area contributed by atoms with Crippen molar-refractivity contribution in [3.63, 3.8) is 0 Å². The number of aliphatic hydroxyl groups is 1. The van der Waals surface area contributed by atoms with E-state index in [0.29, 0.717) is 0 Å². The van der Waals surface area contributed by atoms with E-state index in [1.54, 1.807) is 0 Å². The summed E-state index contributed by atoms with van der Waals surface area (Å²) in [5.74, 6) is 0. The zero-order valence-corrected chi connectivity index (χ0v) is 11.3. The standard InChI is InChI=1S/C15H22O2/c1-13(2)14(3,4)17-12(15(13,5)16)11-9-7-6-8-10-11/h6-10,12,16H,1-5H3. The van der Waals surface area contributed by atoms with Gasteiger partial charge in [-0.3, -0.25) is 0 Å². The third-order valence-electron chi connectivity index (χ3n) is 4.80. The Morgan fingerprint density at radius 1 is 1.00 bits per heavy atom. The maximum absolute atomic E-state index is 10.8. The van der Waals surface area contributed by atoms with Crippen molar-refractivity contribution in [1.82, 2.24) is 0 Å². The molecule has 17 heavy (non-hydrogen) atoms. The van der Waals surface area contributed by atoms with Crippen LogP contribution in [0.5, 0.6) is 0 Å². The van der Waals surface area contributed by atoms with Gasteiger partial charge < -0.3 is 9.84 Å². The minimum absolute atomic E-state index is 0.270. The first kappa shape index (κ1) is 12.6. The smallest absolute Gasteiger partial charge is 0.112 e. The van der Waals surface area contributed by atoms with Crippen molar-refractivity contribution >= 4 is 0 Å². The normalized spacial score (nSPS) is 34.8. The van der Waals surface area contributed by atoms with Crippen molar-refractivity contribution in [2.24, 2.45) is 5.41 Å². The number of hydrogen-bond donors (Lipinski definition) is 1. The molecule has 0 bridgehead atoms. The van der Waals surface area contributed by atoms with Gasteiger partial charge in [-0.2, -0.15) is 0 Å². The fourth-order valence-electron chi connectivity index (χ4n) is 2.51. The highest BCUT2D eigenvalue weighted by Crippen LogP contribution is 2.57. The third kappa shape index (κ3) is 1.62. The minimum atomic E-state index is -0.877. The second-order valence-corrected chi connectivity index (χ2v) is 6.19. The van der Waals surface area contributed by atoms with Gasteiger partial charge in [-0.25, -0.2) is 0 Å². The molecule has 2 nitrogen and oxygen atoms in total. The molecule has 1 fully saturated rings. The molecule has 2 rings (SSSR count). The lowest BCUT2D eigenvalue weighted by Gasteiger charge is -2.40. The van der Waals surface area contributed by atoms with Crippen LogP contribution in [0.25, 0.3) is 0 Å². The lowest BCUT2D eigenvalue weighted by Crippen LogP contribution is -2.48. The summed E-state index contributed by atoms with van der Waals surface area (Å²) in [6.07, 6.45) is -0.270. The summed E-state index contributed by atoms with van der Waals surface area (Å²) >= 11 is 0. The van der Waals surface area contributed by atoms with Gasteiger partial charge in [0.15, 0.2) is 0 Å². The molecule has 1 aliphatic heterocycles. The molecule has 0 aliphatic carbocycles. The van der Waals surface area contributed by atoms with Gasteiger partial charge in [-0.15, -0.1) is 0 Å². The van der Waals surface area contributed by atoms with Gasteiger partial charge >= 0.3 is 0 Å². The Bertz CT molecular complexity index is 404. The van der Waals surface area contributed by atoms with Crippen LogP contribution >= 0.6 is 0 Å². The summed E-state index contributed by atoms with van der Waals surface area (Å²) in [5, 5.41) is 10.8. The van der Waals surface area contributed by atoms with Crippen molar-refractivity contribution in [2.45, 2.75) is 51.9 Å². The molecule has 94 valence electrons. The van der Waals surface area contributed by atoms with Crippen LogP contribution < -0.4 is 0 Å². The maximum atomic E-state index is 10.8. The van der Waals surface area contributed by atoms with Crippen LogP contribution in [0.4, 0.5) is 0 Å². The quantitative estimate of drug-likeness (QED) is 0.807. The number of rotatable bonds is 1. The van der Waals surface area contributed by atoms with Crippen LogP contribution in [0.15, 0.2) is 30.3 Å². The lowest BCUT2D eigenvalue weighted by atomic mass is 9.66. The average molecular weight is 234 g/mol. The Morgan fingerprint density at radius 3 is 1.94 bits per heavy atom. The van der Waals surface area contributed by atoms with E-state index >= 15 is 0 Å². The highest BCUT2D eigenvalue weighted by molar-refractivity contribution is 5.25. The molecule has 0 amide bonds. The second kappa shape index (κ2) is 3.56. The summed E-state index contributed by atoms with van der Waals surface area (Å²) in [5.41, 5.74) is -0.494. The summed E-state index contributed by atoms with van der Waals surface area (Å²) < 4.78 is 6.12. The fraction of sp³-hybridized carbons (Fsp3) is 0.600. The SMILES string of the molecule is CC1(C)OC(c2ccccc2)C(C)(O)C1(C)C. The molecular formula is C15H22O2. The van der Waals surface area contributed by atoms with E-state index in [9.17, 15) is 5.11 Å². The van der Waals surface area contributed by atoms with Crippen molar-refractivity contribution in [3.8, 4) is 0 Å². The summed E-state index contributed by atoms with van der Waals surface area (Å²) in [7, 11) is 0. The minimum Gasteiger partial charge on any atom is -0.386 e. The molecule has 2 atom stereocenters. The molecule has 1 heterocycles. The highest BCUT2D eigenvalue weighted by Gasteiger charge is 2.62. The van der Waals surface area contributed by atoms with Crippen LogP contribution in [0.2, 0.25) is 0 Å². The van der Waals surface area contributed by atoms with E-state index in [2.05, 4.69) is 13.8 Å². The summed E-state index contributed by atoms with van der Waals surface area (Å²) in [6, 6.07) is 9.96. The molecule has 1 aromatic carbocycles. The molecule has 2 unspecified atom stereocenters. The van der Waals surface area contributed by atoms with Crippen LogP contribution in [0.3, 0.4) is 0 Å². The molecule has 0 spiro atoms. The molecule has 0 radical (unpaired) electrons. The number of hydrogen-bond acceptors (Lipinski definition) is 2. The first-order valence-corrected chi connectivity index (χ1v) is 6.15. The molecule has 1 aromatic rings. The van der Waals surface area contributed by atoms with E-state index < -0.39 is 5.60 Å². The van der Waals surface area contributed by atoms with Crippen molar-refractivity contribution in [3.05, 3.63) is 35.9 Å². The Kier molecular flexibility index (Phi) is 2.64. The number of ether oxygens (including phenoxy) is 1. The maximum Gasteiger partial charge on any atom is 0.112 e. The second-order valence-electron chi connectivity index (χ2n) is 6.19. The van der Waals surface area contributed by atoms with Gasteiger partial charge in [0.2, 0.25) is 0 Å². The van der Waals surface area contributed by atoms with E-state index in [-0.39, 0.29) is 17.1 Å². The Morgan fingerprint density at radius 2 is 1.53 bits per heavy atom. The Labute approximate surface area is 104 Å². The van der Waals surface area contributed by atoms with Gasteiger partial charge in [0, 0.05) is 5.41 Å². The molecule has 0 aromatic heterocycles. The highest BCUT2D eigenvalue weighted by atomic mass is 16.5. The topological polar surface area (TPSA) is 29.5 Å². The van der Waals surface area contributed by atoms with Crippen molar-refractivity contribution in [1.29, 1.82) is 0 Å². The molecule has 1 aliphatic rings. The Hall–Kier alpha value is -0.860. The van der Waals surface area contributed by atoms with E-state index in [1.807, 2.05) is 51.1 Å². The average Bonchev–Trinajstić information content (AvgIpc) is 2.37. The van der Waals surface area contributed by atoms with Crippen LogP contribution in [-0.4, -0.2) is 16.3 Å². The zero-order valence-electron chi connectivity index (χ0n) is 11.3. The van der Waals surface area contributed by atoms with Gasteiger partial charge in [0.25, 0.3) is 0 Å².